The Hall–Kier alpha value is -3.19. The molecule has 7 heteroatoms. The fourth-order valence-electron chi connectivity index (χ4n) is 2.12. The molecule has 0 aliphatic rings. The average Bonchev–Trinajstić information content (AvgIpc) is 2.54. The fraction of sp³-hybridized carbons (Fsp3) is 0.0625. The molecule has 0 saturated heterocycles. The largest absolute Gasteiger partial charge is 0.479 e. The van der Waals surface area contributed by atoms with Crippen molar-refractivity contribution in [3.8, 4) is 0 Å². The van der Waals surface area contributed by atoms with Gasteiger partial charge in [0.2, 0.25) is 5.60 Å². The zero-order valence-corrected chi connectivity index (χ0v) is 11.6. The van der Waals surface area contributed by atoms with Crippen molar-refractivity contribution in [2.24, 2.45) is 0 Å². The summed E-state index contributed by atoms with van der Waals surface area (Å²) in [6.45, 7) is 0. The van der Waals surface area contributed by atoms with Gasteiger partial charge in [0, 0.05) is 0 Å². The van der Waals surface area contributed by atoms with E-state index in [2.05, 4.69) is 0 Å². The van der Waals surface area contributed by atoms with Gasteiger partial charge in [-0.15, -0.1) is 0 Å². The van der Waals surface area contributed by atoms with E-state index < -0.39 is 23.5 Å². The minimum atomic E-state index is -2.42. The van der Waals surface area contributed by atoms with Gasteiger partial charge < -0.3 is 20.4 Å². The van der Waals surface area contributed by atoms with Crippen molar-refractivity contribution >= 4 is 17.9 Å². The minimum absolute atomic E-state index is 0.0434. The molecule has 4 N–H and O–H groups in total. The lowest BCUT2D eigenvalue weighted by Gasteiger charge is -2.24. The smallest absolute Gasteiger partial charge is 0.345 e. The zero-order valence-electron chi connectivity index (χ0n) is 11.6. The Balaban J connectivity index is 2.52. The third kappa shape index (κ3) is 2.90. The first-order valence-corrected chi connectivity index (χ1v) is 6.40. The third-order valence-electron chi connectivity index (χ3n) is 3.41. The molecule has 0 radical (unpaired) electrons. The maximum absolute atomic E-state index is 11.6. The molecule has 23 heavy (non-hydrogen) atoms. The molecule has 0 aliphatic carbocycles. The van der Waals surface area contributed by atoms with Crippen molar-refractivity contribution in [2.45, 2.75) is 5.60 Å². The molecule has 2 aromatic carbocycles. The van der Waals surface area contributed by atoms with Gasteiger partial charge in [0.15, 0.2) is 0 Å². The van der Waals surface area contributed by atoms with Crippen LogP contribution in [0.4, 0.5) is 0 Å². The molecule has 0 fully saturated rings. The molecular formula is C16H12O7. The molecule has 0 aliphatic heterocycles. The number of carboxylic acid groups (broad SMARTS) is 3. The molecule has 2 rings (SSSR count). The number of aliphatic carboxylic acids is 1. The van der Waals surface area contributed by atoms with Crippen LogP contribution in [-0.4, -0.2) is 38.3 Å². The van der Waals surface area contributed by atoms with E-state index in [0.29, 0.717) is 0 Å². The van der Waals surface area contributed by atoms with Crippen molar-refractivity contribution < 1.29 is 34.8 Å². The van der Waals surface area contributed by atoms with Gasteiger partial charge in [-0.3, -0.25) is 0 Å². The van der Waals surface area contributed by atoms with Crippen LogP contribution in [0, 0.1) is 0 Å². The second kappa shape index (κ2) is 5.90. The van der Waals surface area contributed by atoms with E-state index in [0.717, 1.165) is 0 Å². The molecular weight excluding hydrogens is 304 g/mol. The molecule has 0 atom stereocenters. The monoisotopic (exact) mass is 316 g/mol. The minimum Gasteiger partial charge on any atom is -0.479 e. The highest BCUT2D eigenvalue weighted by atomic mass is 16.4. The summed E-state index contributed by atoms with van der Waals surface area (Å²) in [5.74, 6) is -3.92. The Morgan fingerprint density at radius 1 is 0.652 bits per heavy atom. The molecule has 0 amide bonds. The summed E-state index contributed by atoms with van der Waals surface area (Å²) in [6, 6.07) is 9.50. The first-order valence-electron chi connectivity index (χ1n) is 6.40. The van der Waals surface area contributed by atoms with Gasteiger partial charge in [0.05, 0.1) is 11.1 Å². The molecule has 7 nitrogen and oxygen atoms in total. The predicted octanol–water partition coefficient (Wildman–Crippen LogP) is 1.40. The van der Waals surface area contributed by atoms with Crippen LogP contribution in [-0.2, 0) is 10.4 Å². The molecule has 0 spiro atoms. The number of hydrogen-bond acceptors (Lipinski definition) is 4. The van der Waals surface area contributed by atoms with Gasteiger partial charge in [0.1, 0.15) is 0 Å². The second-order valence-corrected chi connectivity index (χ2v) is 4.78. The standard InChI is InChI=1S/C16H12O7/c17-13(18)9-1-5-11(6-2-9)16(23,15(21)22)12-7-3-10(4-8-12)14(19)20/h1-8,23H,(H,17,18)(H,19,20)(H,21,22). The molecule has 0 saturated carbocycles. The van der Waals surface area contributed by atoms with Gasteiger partial charge in [-0.25, -0.2) is 14.4 Å². The molecule has 0 aromatic heterocycles. The van der Waals surface area contributed by atoms with Crippen LogP contribution >= 0.6 is 0 Å². The number of aromatic carboxylic acids is 2. The van der Waals surface area contributed by atoms with E-state index in [1.54, 1.807) is 0 Å². The maximum atomic E-state index is 11.6. The highest BCUT2D eigenvalue weighted by Crippen LogP contribution is 2.30. The summed E-state index contributed by atoms with van der Waals surface area (Å²) in [7, 11) is 0. The summed E-state index contributed by atoms with van der Waals surface area (Å²) >= 11 is 0. The van der Waals surface area contributed by atoms with Crippen molar-refractivity contribution in [3.05, 3.63) is 70.8 Å². The van der Waals surface area contributed by atoms with E-state index in [1.165, 1.54) is 48.5 Å². The van der Waals surface area contributed by atoms with Crippen LogP contribution in [0.15, 0.2) is 48.5 Å². The lowest BCUT2D eigenvalue weighted by atomic mass is 9.85. The second-order valence-electron chi connectivity index (χ2n) is 4.78. The topological polar surface area (TPSA) is 132 Å². The van der Waals surface area contributed by atoms with Crippen molar-refractivity contribution in [2.75, 3.05) is 0 Å². The van der Waals surface area contributed by atoms with E-state index in [9.17, 15) is 24.6 Å². The van der Waals surface area contributed by atoms with Gasteiger partial charge in [-0.1, -0.05) is 24.3 Å². The summed E-state index contributed by atoms with van der Waals surface area (Å²) in [5.41, 5.74) is -2.62. The molecule has 2 aromatic rings. The van der Waals surface area contributed by atoms with Crippen LogP contribution in [0.1, 0.15) is 31.8 Å². The highest BCUT2D eigenvalue weighted by molar-refractivity contribution is 5.89. The number of carbonyl (C=O) groups is 3. The summed E-state index contributed by atoms with van der Waals surface area (Å²) in [4.78, 5) is 33.2. The Morgan fingerprint density at radius 2 is 0.957 bits per heavy atom. The van der Waals surface area contributed by atoms with Crippen molar-refractivity contribution in [1.29, 1.82) is 0 Å². The molecule has 0 bridgehead atoms. The average molecular weight is 316 g/mol. The summed E-state index contributed by atoms with van der Waals surface area (Å²) in [5, 5.41) is 37.7. The molecule has 0 unspecified atom stereocenters. The Morgan fingerprint density at radius 3 is 1.17 bits per heavy atom. The Labute approximate surface area is 130 Å². The summed E-state index contributed by atoms with van der Waals surface area (Å²) < 4.78 is 0. The van der Waals surface area contributed by atoms with E-state index in [-0.39, 0.29) is 22.3 Å². The van der Waals surface area contributed by atoms with E-state index >= 15 is 0 Å². The summed E-state index contributed by atoms with van der Waals surface area (Å²) in [6.07, 6.45) is 0. The van der Waals surface area contributed by atoms with Gasteiger partial charge >= 0.3 is 17.9 Å². The Bertz CT molecular complexity index is 703. The molecule has 0 heterocycles. The Kier molecular flexibility index (Phi) is 4.15. The number of aliphatic hydroxyl groups is 1. The first kappa shape index (κ1) is 16.2. The van der Waals surface area contributed by atoms with Crippen LogP contribution in [0.5, 0.6) is 0 Å². The normalized spacial score (nSPS) is 11.0. The quantitative estimate of drug-likeness (QED) is 0.655. The molecule has 118 valence electrons. The predicted molar refractivity (Wildman–Crippen MR) is 77.4 cm³/mol. The van der Waals surface area contributed by atoms with Crippen LogP contribution in [0.3, 0.4) is 0 Å². The SMILES string of the molecule is O=C(O)c1ccc(C(O)(C(=O)O)c2ccc(C(=O)O)cc2)cc1. The van der Waals surface area contributed by atoms with E-state index in [4.69, 9.17) is 10.2 Å². The van der Waals surface area contributed by atoms with Crippen LogP contribution < -0.4 is 0 Å². The van der Waals surface area contributed by atoms with Crippen molar-refractivity contribution in [1.82, 2.24) is 0 Å². The maximum Gasteiger partial charge on any atom is 0.345 e. The first-order chi connectivity index (χ1) is 10.8. The van der Waals surface area contributed by atoms with Gasteiger partial charge in [-0.2, -0.15) is 0 Å². The lowest BCUT2D eigenvalue weighted by Crippen LogP contribution is -2.36. The van der Waals surface area contributed by atoms with Crippen LogP contribution in [0.25, 0.3) is 0 Å². The van der Waals surface area contributed by atoms with E-state index in [1.807, 2.05) is 0 Å². The third-order valence-corrected chi connectivity index (χ3v) is 3.41. The number of rotatable bonds is 5. The number of carboxylic acids is 3. The fourth-order valence-corrected chi connectivity index (χ4v) is 2.12. The lowest BCUT2D eigenvalue weighted by molar-refractivity contribution is -0.155. The van der Waals surface area contributed by atoms with Gasteiger partial charge in [-0.05, 0) is 35.4 Å². The zero-order chi connectivity index (χ0) is 17.2. The van der Waals surface area contributed by atoms with Gasteiger partial charge in [0.25, 0.3) is 0 Å². The number of benzene rings is 2. The van der Waals surface area contributed by atoms with Crippen molar-refractivity contribution in [3.63, 3.8) is 0 Å². The highest BCUT2D eigenvalue weighted by Gasteiger charge is 2.40. The van der Waals surface area contributed by atoms with Crippen LogP contribution in [0.2, 0.25) is 0 Å². The number of hydrogen-bond donors (Lipinski definition) is 4.